The second-order valence-corrected chi connectivity index (χ2v) is 8.63. The zero-order valence-corrected chi connectivity index (χ0v) is 15.8. The van der Waals surface area contributed by atoms with Crippen LogP contribution in [0.1, 0.15) is 30.4 Å². The van der Waals surface area contributed by atoms with Gasteiger partial charge >= 0.3 is 0 Å². The number of rotatable bonds is 6. The monoisotopic (exact) mass is 390 g/mol. The molecule has 1 aliphatic rings. The molecule has 0 spiro atoms. The molecule has 1 saturated heterocycles. The number of nitrogens with zero attached hydrogens (tertiary/aromatic N) is 1. The lowest BCUT2D eigenvalue weighted by molar-refractivity contribution is -0.120. The standard InChI is InChI=1S/C20H23FN2O3S/c21-18-8-4-16(5-9-18)14-20(24)22-15-17-6-10-19(11-7-17)27(25,26)23-12-2-1-3-13-23/h4-11H,1-3,12-15H2,(H,22,24). The maximum atomic E-state index is 12.9. The van der Waals surface area contributed by atoms with E-state index in [4.69, 9.17) is 0 Å². The van der Waals surface area contributed by atoms with Crippen molar-refractivity contribution in [2.75, 3.05) is 13.1 Å². The van der Waals surface area contributed by atoms with Gasteiger partial charge in [0.1, 0.15) is 5.82 Å². The van der Waals surface area contributed by atoms with E-state index in [1.54, 1.807) is 36.4 Å². The molecule has 0 bridgehead atoms. The van der Waals surface area contributed by atoms with Crippen LogP contribution >= 0.6 is 0 Å². The molecule has 5 nitrogen and oxygen atoms in total. The minimum Gasteiger partial charge on any atom is -0.352 e. The van der Waals surface area contributed by atoms with Crippen LogP contribution in [0.25, 0.3) is 0 Å². The molecule has 3 rings (SSSR count). The fourth-order valence-corrected chi connectivity index (χ4v) is 4.60. The fraction of sp³-hybridized carbons (Fsp3) is 0.350. The van der Waals surface area contributed by atoms with E-state index in [2.05, 4.69) is 5.32 Å². The average molecular weight is 390 g/mol. The van der Waals surface area contributed by atoms with Crippen LogP contribution in [0.2, 0.25) is 0 Å². The van der Waals surface area contributed by atoms with E-state index in [0.717, 1.165) is 30.4 Å². The summed E-state index contributed by atoms with van der Waals surface area (Å²) in [6, 6.07) is 12.4. The first-order chi connectivity index (χ1) is 12.9. The Bertz CT molecular complexity index is 874. The summed E-state index contributed by atoms with van der Waals surface area (Å²) in [5.41, 5.74) is 1.55. The Morgan fingerprint density at radius 2 is 1.52 bits per heavy atom. The van der Waals surface area contributed by atoms with Crippen LogP contribution in [0.5, 0.6) is 0 Å². The first-order valence-corrected chi connectivity index (χ1v) is 10.5. The van der Waals surface area contributed by atoms with Crippen molar-refractivity contribution in [3.8, 4) is 0 Å². The van der Waals surface area contributed by atoms with Crippen LogP contribution in [0, 0.1) is 5.82 Å². The molecule has 1 N–H and O–H groups in total. The van der Waals surface area contributed by atoms with Crippen LogP contribution in [0.3, 0.4) is 0 Å². The summed E-state index contributed by atoms with van der Waals surface area (Å²) in [6.45, 7) is 1.46. The van der Waals surface area contributed by atoms with Gasteiger partial charge in [-0.05, 0) is 48.2 Å². The normalized spacial score (nSPS) is 15.4. The molecule has 0 aliphatic carbocycles. The molecule has 0 aromatic heterocycles. The summed E-state index contributed by atoms with van der Waals surface area (Å²) < 4.78 is 39.7. The van der Waals surface area contributed by atoms with Gasteiger partial charge in [-0.3, -0.25) is 4.79 Å². The first kappa shape index (κ1) is 19.5. The number of hydrogen-bond donors (Lipinski definition) is 1. The Balaban J connectivity index is 1.55. The van der Waals surface area contributed by atoms with Gasteiger partial charge in [0.25, 0.3) is 0 Å². The van der Waals surface area contributed by atoms with Gasteiger partial charge < -0.3 is 5.32 Å². The average Bonchev–Trinajstić information content (AvgIpc) is 2.69. The second kappa shape index (κ2) is 8.63. The number of hydrogen-bond acceptors (Lipinski definition) is 3. The summed E-state index contributed by atoms with van der Waals surface area (Å²) in [5, 5.41) is 2.79. The highest BCUT2D eigenvalue weighted by Crippen LogP contribution is 2.20. The molecule has 7 heteroatoms. The van der Waals surface area contributed by atoms with Gasteiger partial charge in [-0.2, -0.15) is 4.31 Å². The third-order valence-corrected chi connectivity index (χ3v) is 6.56. The summed E-state index contributed by atoms with van der Waals surface area (Å²) in [5.74, 6) is -0.509. The molecule has 0 radical (unpaired) electrons. The highest BCUT2D eigenvalue weighted by atomic mass is 32.2. The molecule has 1 amide bonds. The molecule has 0 atom stereocenters. The Kier molecular flexibility index (Phi) is 6.23. The van der Waals surface area contributed by atoms with Gasteiger partial charge in [0.15, 0.2) is 0 Å². The second-order valence-electron chi connectivity index (χ2n) is 6.69. The smallest absolute Gasteiger partial charge is 0.243 e. The van der Waals surface area contributed by atoms with E-state index >= 15 is 0 Å². The van der Waals surface area contributed by atoms with Crippen molar-refractivity contribution in [3.63, 3.8) is 0 Å². The molecule has 144 valence electrons. The maximum absolute atomic E-state index is 12.9. The Morgan fingerprint density at radius 1 is 0.926 bits per heavy atom. The molecule has 0 saturated carbocycles. The lowest BCUT2D eigenvalue weighted by Crippen LogP contribution is -2.35. The Hall–Kier alpha value is -2.25. The molecular weight excluding hydrogens is 367 g/mol. The summed E-state index contributed by atoms with van der Waals surface area (Å²) >= 11 is 0. The summed E-state index contributed by atoms with van der Waals surface area (Å²) in [7, 11) is -3.44. The van der Waals surface area contributed by atoms with Gasteiger partial charge in [-0.25, -0.2) is 12.8 Å². The number of benzene rings is 2. The lowest BCUT2D eigenvalue weighted by atomic mass is 10.1. The van der Waals surface area contributed by atoms with Crippen LogP contribution in [-0.2, 0) is 27.8 Å². The molecule has 2 aromatic carbocycles. The quantitative estimate of drug-likeness (QED) is 0.825. The fourth-order valence-electron chi connectivity index (χ4n) is 3.08. The van der Waals surface area contributed by atoms with Gasteiger partial charge in [0, 0.05) is 19.6 Å². The molecule has 1 aliphatic heterocycles. The van der Waals surface area contributed by atoms with Crippen LogP contribution in [0.15, 0.2) is 53.4 Å². The van der Waals surface area contributed by atoms with Crippen LogP contribution < -0.4 is 5.32 Å². The summed E-state index contributed by atoms with van der Waals surface area (Å²) in [4.78, 5) is 12.3. The van der Waals surface area contributed by atoms with Crippen molar-refractivity contribution in [2.45, 2.75) is 37.1 Å². The summed E-state index contributed by atoms with van der Waals surface area (Å²) in [6.07, 6.45) is 3.04. The van der Waals surface area contributed by atoms with Crippen molar-refractivity contribution in [3.05, 3.63) is 65.5 Å². The minimum absolute atomic E-state index is 0.168. The van der Waals surface area contributed by atoms with Crippen LogP contribution in [0.4, 0.5) is 4.39 Å². The number of carbonyl (C=O) groups excluding carboxylic acids is 1. The number of halogens is 1. The van der Waals surface area contributed by atoms with Gasteiger partial charge in [0.05, 0.1) is 11.3 Å². The van der Waals surface area contributed by atoms with Gasteiger partial charge in [-0.15, -0.1) is 0 Å². The topological polar surface area (TPSA) is 66.5 Å². The van der Waals surface area contributed by atoms with Crippen molar-refractivity contribution in [2.24, 2.45) is 0 Å². The number of carbonyl (C=O) groups is 1. The SMILES string of the molecule is O=C(Cc1ccc(F)cc1)NCc1ccc(S(=O)(=O)N2CCCCC2)cc1. The molecule has 2 aromatic rings. The van der Waals surface area contributed by atoms with E-state index in [0.29, 0.717) is 19.6 Å². The van der Waals surface area contributed by atoms with Crippen molar-refractivity contribution in [1.82, 2.24) is 9.62 Å². The largest absolute Gasteiger partial charge is 0.352 e. The van der Waals surface area contributed by atoms with E-state index < -0.39 is 10.0 Å². The molecule has 1 fully saturated rings. The third-order valence-electron chi connectivity index (χ3n) is 4.64. The predicted octanol–water partition coefficient (Wildman–Crippen LogP) is 2.86. The number of amides is 1. The first-order valence-electron chi connectivity index (χ1n) is 9.05. The van der Waals surface area contributed by atoms with E-state index in [9.17, 15) is 17.6 Å². The molecule has 27 heavy (non-hydrogen) atoms. The van der Waals surface area contributed by atoms with Gasteiger partial charge in [0.2, 0.25) is 15.9 Å². The minimum atomic E-state index is -3.44. The number of nitrogens with one attached hydrogen (secondary N) is 1. The molecular formula is C20H23FN2O3S. The maximum Gasteiger partial charge on any atom is 0.243 e. The van der Waals surface area contributed by atoms with Crippen LogP contribution in [-0.4, -0.2) is 31.7 Å². The Labute approximate surface area is 159 Å². The van der Waals surface area contributed by atoms with Gasteiger partial charge in [-0.1, -0.05) is 30.7 Å². The van der Waals surface area contributed by atoms with E-state index in [1.165, 1.54) is 16.4 Å². The molecule has 1 heterocycles. The third kappa shape index (κ3) is 5.14. The Morgan fingerprint density at radius 3 is 2.15 bits per heavy atom. The lowest BCUT2D eigenvalue weighted by Gasteiger charge is -2.25. The number of sulfonamides is 1. The highest BCUT2D eigenvalue weighted by Gasteiger charge is 2.25. The van der Waals surface area contributed by atoms with Crippen molar-refractivity contribution < 1.29 is 17.6 Å². The zero-order valence-electron chi connectivity index (χ0n) is 15.0. The zero-order chi connectivity index (χ0) is 19.3. The number of piperidine rings is 1. The predicted molar refractivity (Wildman–Crippen MR) is 101 cm³/mol. The van der Waals surface area contributed by atoms with E-state index in [-0.39, 0.29) is 23.0 Å². The van der Waals surface area contributed by atoms with E-state index in [1.807, 2.05) is 0 Å². The van der Waals surface area contributed by atoms with Crippen molar-refractivity contribution in [1.29, 1.82) is 0 Å². The molecule has 0 unspecified atom stereocenters. The highest BCUT2D eigenvalue weighted by molar-refractivity contribution is 7.89. The van der Waals surface area contributed by atoms with Crippen molar-refractivity contribution >= 4 is 15.9 Å².